The lowest BCUT2D eigenvalue weighted by Crippen LogP contribution is -2.13. The lowest BCUT2D eigenvalue weighted by Gasteiger charge is -2.22. The van der Waals surface area contributed by atoms with E-state index in [0.29, 0.717) is 22.7 Å². The number of halogens is 1. The normalized spacial score (nSPS) is 14.4. The number of H-pyrrole nitrogens is 1. The van der Waals surface area contributed by atoms with Crippen molar-refractivity contribution in [3.63, 3.8) is 0 Å². The summed E-state index contributed by atoms with van der Waals surface area (Å²) in [6, 6.07) is 15.9. The highest BCUT2D eigenvalue weighted by Gasteiger charge is 2.19. The summed E-state index contributed by atoms with van der Waals surface area (Å²) in [7, 11) is 0. The minimum absolute atomic E-state index is 0.279. The van der Waals surface area contributed by atoms with Crippen LogP contribution in [0.15, 0.2) is 48.5 Å². The van der Waals surface area contributed by atoms with Crippen LogP contribution in [0.1, 0.15) is 48.8 Å². The zero-order valence-electron chi connectivity index (χ0n) is 19.6. The molecule has 1 aromatic heterocycles. The van der Waals surface area contributed by atoms with Crippen LogP contribution in [-0.4, -0.2) is 23.4 Å². The Morgan fingerprint density at radius 1 is 1.12 bits per heavy atom. The summed E-state index contributed by atoms with van der Waals surface area (Å²) in [6.07, 6.45) is 3.90. The molecule has 0 atom stereocenters. The summed E-state index contributed by atoms with van der Waals surface area (Å²) in [4.78, 5) is 3.71. The largest absolute Gasteiger partial charge is 0.381 e. The van der Waals surface area contributed by atoms with Gasteiger partial charge in [-0.15, -0.1) is 0 Å². The average molecular weight is 454 g/mol. The van der Waals surface area contributed by atoms with Gasteiger partial charge in [-0.25, -0.2) is 9.24 Å². The zero-order valence-corrected chi connectivity index (χ0v) is 19.6. The fourth-order valence-electron chi connectivity index (χ4n) is 5.10. The summed E-state index contributed by atoms with van der Waals surface area (Å²) in [5.74, 6) is 0.256. The molecule has 0 bridgehead atoms. The van der Waals surface area contributed by atoms with Crippen LogP contribution in [0.3, 0.4) is 0 Å². The molecule has 1 aliphatic heterocycles. The summed E-state index contributed by atoms with van der Waals surface area (Å²) < 4.78 is 20.8. The first-order valence-electron chi connectivity index (χ1n) is 12.0. The predicted molar refractivity (Wildman–Crippen MR) is 135 cm³/mol. The molecule has 1 saturated heterocycles. The summed E-state index contributed by atoms with van der Waals surface area (Å²) in [6.45, 7) is 13.3. The van der Waals surface area contributed by atoms with Crippen LogP contribution < -0.4 is 0 Å². The molecule has 5 rings (SSSR count). The van der Waals surface area contributed by atoms with Crippen LogP contribution in [0.25, 0.3) is 38.1 Å². The monoisotopic (exact) mass is 453 g/mol. The van der Waals surface area contributed by atoms with E-state index in [1.54, 1.807) is 12.1 Å². The number of benzene rings is 3. The van der Waals surface area contributed by atoms with Gasteiger partial charge in [-0.2, -0.15) is 5.10 Å². The third-order valence-electron chi connectivity index (χ3n) is 6.83. The van der Waals surface area contributed by atoms with E-state index in [4.69, 9.17) is 11.3 Å². The number of hydrogen-bond donors (Lipinski definition) is 1. The summed E-state index contributed by atoms with van der Waals surface area (Å²) in [5.41, 5.74) is 7.27. The van der Waals surface area contributed by atoms with Crippen molar-refractivity contribution in [2.75, 3.05) is 13.2 Å². The highest BCUT2D eigenvalue weighted by molar-refractivity contribution is 6.00. The van der Waals surface area contributed by atoms with E-state index < -0.39 is 0 Å². The molecule has 0 spiro atoms. The quantitative estimate of drug-likeness (QED) is 0.314. The fourth-order valence-corrected chi connectivity index (χ4v) is 5.10. The Morgan fingerprint density at radius 3 is 2.56 bits per heavy atom. The lowest BCUT2D eigenvalue weighted by atomic mass is 9.90. The van der Waals surface area contributed by atoms with Crippen LogP contribution in [0.2, 0.25) is 0 Å². The number of nitrogens with one attached hydrogen (secondary N) is 1. The van der Waals surface area contributed by atoms with E-state index in [-0.39, 0.29) is 5.82 Å². The highest BCUT2D eigenvalue weighted by atomic mass is 19.1. The second-order valence-electron chi connectivity index (χ2n) is 9.13. The molecule has 1 aliphatic rings. The SMILES string of the molecule is [C-]#[N+]c1cc2[nH]nc(-c3ccc(C4CCOCC4)cc3)c2cc1-c1c(C)cc(CCC)cc1F. The summed E-state index contributed by atoms with van der Waals surface area (Å²) in [5, 5.41) is 8.52. The number of rotatable bonds is 5. The molecular weight excluding hydrogens is 425 g/mol. The third kappa shape index (κ3) is 4.10. The van der Waals surface area contributed by atoms with Crippen LogP contribution in [0.5, 0.6) is 0 Å². The van der Waals surface area contributed by atoms with Gasteiger partial charge in [0.25, 0.3) is 0 Å². The molecule has 34 heavy (non-hydrogen) atoms. The maximum absolute atomic E-state index is 15.3. The second-order valence-corrected chi connectivity index (χ2v) is 9.13. The molecule has 5 heteroatoms. The molecule has 1 N–H and O–H groups in total. The van der Waals surface area contributed by atoms with Crippen molar-refractivity contribution >= 4 is 16.6 Å². The molecule has 2 heterocycles. The van der Waals surface area contributed by atoms with E-state index in [1.807, 2.05) is 19.1 Å². The smallest absolute Gasteiger partial charge is 0.197 e. The topological polar surface area (TPSA) is 42.3 Å². The number of aromatic nitrogens is 2. The molecule has 0 unspecified atom stereocenters. The molecule has 0 saturated carbocycles. The van der Waals surface area contributed by atoms with E-state index in [0.717, 1.165) is 72.2 Å². The molecule has 4 aromatic rings. The number of nitrogens with zero attached hydrogens (tertiary/aromatic N) is 2. The number of hydrogen-bond acceptors (Lipinski definition) is 2. The number of ether oxygens (including phenoxy) is 1. The lowest BCUT2D eigenvalue weighted by molar-refractivity contribution is 0.0853. The average Bonchev–Trinajstić information content (AvgIpc) is 3.27. The van der Waals surface area contributed by atoms with Crippen LogP contribution in [-0.2, 0) is 11.2 Å². The molecule has 4 nitrogen and oxygen atoms in total. The van der Waals surface area contributed by atoms with E-state index in [9.17, 15) is 0 Å². The van der Waals surface area contributed by atoms with Crippen molar-refractivity contribution < 1.29 is 9.13 Å². The van der Waals surface area contributed by atoms with Crippen molar-refractivity contribution in [2.24, 2.45) is 0 Å². The minimum atomic E-state index is -0.279. The van der Waals surface area contributed by atoms with Gasteiger partial charge in [0.2, 0.25) is 0 Å². The van der Waals surface area contributed by atoms with E-state index >= 15 is 4.39 Å². The predicted octanol–water partition coefficient (Wildman–Crippen LogP) is 7.74. The molecular formula is C29H28FN3O. The third-order valence-corrected chi connectivity index (χ3v) is 6.83. The standard InChI is InChI=1S/C29H28FN3O/c1-4-5-19-14-18(2)28(25(30)15-19)23-16-24-27(17-26(23)31-3)32-33-29(24)22-8-6-20(7-9-22)21-10-12-34-13-11-21/h6-9,14-17,21H,4-5,10-13H2,1-2H3,(H,32,33). The van der Waals surface area contributed by atoms with E-state index in [1.165, 1.54) is 5.56 Å². The van der Waals surface area contributed by atoms with Gasteiger partial charge in [0.1, 0.15) is 5.82 Å². The van der Waals surface area contributed by atoms with Gasteiger partial charge in [0.05, 0.1) is 17.8 Å². The minimum Gasteiger partial charge on any atom is -0.381 e. The Hall–Kier alpha value is -3.49. The Bertz CT molecular complexity index is 1350. The van der Waals surface area contributed by atoms with Gasteiger partial charge < -0.3 is 4.74 Å². The molecule has 1 fully saturated rings. The number of fused-ring (bicyclic) bond motifs is 1. The van der Waals surface area contributed by atoms with Crippen molar-refractivity contribution in [1.82, 2.24) is 10.2 Å². The van der Waals surface area contributed by atoms with Gasteiger partial charge in [-0.05, 0) is 66.5 Å². The first-order valence-corrected chi connectivity index (χ1v) is 12.0. The Kier molecular flexibility index (Phi) is 6.17. The van der Waals surface area contributed by atoms with Crippen molar-refractivity contribution in [2.45, 2.75) is 45.4 Å². The number of aromatic amines is 1. The highest BCUT2D eigenvalue weighted by Crippen LogP contribution is 2.40. The maximum Gasteiger partial charge on any atom is 0.197 e. The van der Waals surface area contributed by atoms with Crippen molar-refractivity contribution in [3.8, 4) is 22.4 Å². The van der Waals surface area contributed by atoms with Gasteiger partial charge >= 0.3 is 0 Å². The van der Waals surface area contributed by atoms with E-state index in [2.05, 4.69) is 46.2 Å². The van der Waals surface area contributed by atoms with Gasteiger partial charge in [0.15, 0.2) is 5.69 Å². The van der Waals surface area contributed by atoms with Crippen LogP contribution >= 0.6 is 0 Å². The van der Waals surface area contributed by atoms with Crippen molar-refractivity contribution in [1.29, 1.82) is 0 Å². The first-order chi connectivity index (χ1) is 16.6. The molecule has 0 aliphatic carbocycles. The zero-order chi connectivity index (χ0) is 23.7. The Labute approximate surface area is 199 Å². The van der Waals surface area contributed by atoms with Gasteiger partial charge in [-0.3, -0.25) is 5.10 Å². The molecule has 3 aromatic carbocycles. The van der Waals surface area contributed by atoms with Gasteiger partial charge in [0, 0.05) is 29.7 Å². The molecule has 0 radical (unpaired) electrons. The number of aryl methyl sites for hydroxylation is 2. The summed E-state index contributed by atoms with van der Waals surface area (Å²) >= 11 is 0. The second kappa shape index (κ2) is 9.40. The first kappa shape index (κ1) is 22.3. The Balaban J connectivity index is 1.58. The molecule has 0 amide bonds. The van der Waals surface area contributed by atoms with Gasteiger partial charge in [-0.1, -0.05) is 49.7 Å². The maximum atomic E-state index is 15.3. The Morgan fingerprint density at radius 2 is 1.88 bits per heavy atom. The van der Waals surface area contributed by atoms with Crippen LogP contribution in [0, 0.1) is 19.3 Å². The molecule has 172 valence electrons. The fraction of sp³-hybridized carbons (Fsp3) is 0.310. The van der Waals surface area contributed by atoms with Crippen LogP contribution in [0.4, 0.5) is 10.1 Å². The van der Waals surface area contributed by atoms with Crippen molar-refractivity contribution in [3.05, 3.63) is 82.5 Å².